The van der Waals surface area contributed by atoms with E-state index in [4.69, 9.17) is 11.6 Å². The molecule has 1 aromatic carbocycles. The molecule has 1 aliphatic carbocycles. The first-order valence-electron chi connectivity index (χ1n) is 6.00. The SMILES string of the molecule is Cl.O=C(c1ccccc1Cl)N1CCNCC12CC2. The number of nitrogens with zero attached hydrogens (tertiary/aromatic N) is 1. The summed E-state index contributed by atoms with van der Waals surface area (Å²) in [6.07, 6.45) is 2.21. The highest BCUT2D eigenvalue weighted by Crippen LogP contribution is 2.43. The van der Waals surface area contributed by atoms with E-state index in [1.807, 2.05) is 23.1 Å². The number of carbonyl (C=O) groups excluding carboxylic acids is 1. The summed E-state index contributed by atoms with van der Waals surface area (Å²) >= 11 is 6.09. The summed E-state index contributed by atoms with van der Waals surface area (Å²) in [7, 11) is 0. The van der Waals surface area contributed by atoms with E-state index in [0.717, 1.165) is 32.5 Å². The highest BCUT2D eigenvalue weighted by molar-refractivity contribution is 6.33. The van der Waals surface area contributed by atoms with Crippen molar-refractivity contribution in [1.29, 1.82) is 0 Å². The van der Waals surface area contributed by atoms with Crippen molar-refractivity contribution in [2.24, 2.45) is 0 Å². The van der Waals surface area contributed by atoms with Crippen molar-refractivity contribution >= 4 is 29.9 Å². The Balaban J connectivity index is 0.00000120. The quantitative estimate of drug-likeness (QED) is 0.860. The monoisotopic (exact) mass is 286 g/mol. The molecule has 2 fully saturated rings. The Morgan fingerprint density at radius 3 is 2.72 bits per heavy atom. The lowest BCUT2D eigenvalue weighted by Gasteiger charge is -2.37. The van der Waals surface area contributed by atoms with Crippen LogP contribution in [0.1, 0.15) is 23.2 Å². The molecule has 1 saturated carbocycles. The number of nitrogens with one attached hydrogen (secondary N) is 1. The van der Waals surface area contributed by atoms with Gasteiger partial charge < -0.3 is 10.2 Å². The van der Waals surface area contributed by atoms with Gasteiger partial charge in [0.2, 0.25) is 0 Å². The van der Waals surface area contributed by atoms with Gasteiger partial charge >= 0.3 is 0 Å². The number of piperazine rings is 1. The second kappa shape index (κ2) is 5.08. The lowest BCUT2D eigenvalue weighted by Crippen LogP contribution is -2.55. The van der Waals surface area contributed by atoms with E-state index >= 15 is 0 Å². The summed E-state index contributed by atoms with van der Waals surface area (Å²) in [5.74, 6) is 0.0783. The molecule has 1 aromatic rings. The lowest BCUT2D eigenvalue weighted by atomic mass is 10.1. The van der Waals surface area contributed by atoms with Crippen molar-refractivity contribution in [1.82, 2.24) is 10.2 Å². The molecule has 0 aromatic heterocycles. The first-order valence-corrected chi connectivity index (χ1v) is 6.38. The van der Waals surface area contributed by atoms with Gasteiger partial charge in [-0.25, -0.2) is 0 Å². The van der Waals surface area contributed by atoms with Crippen molar-refractivity contribution in [3.63, 3.8) is 0 Å². The molecule has 0 atom stereocenters. The molecule has 1 spiro atoms. The van der Waals surface area contributed by atoms with Gasteiger partial charge in [0.25, 0.3) is 5.91 Å². The number of hydrogen-bond donors (Lipinski definition) is 1. The molecule has 0 unspecified atom stereocenters. The number of rotatable bonds is 1. The van der Waals surface area contributed by atoms with Crippen molar-refractivity contribution in [2.75, 3.05) is 19.6 Å². The molecular formula is C13H16Cl2N2O. The van der Waals surface area contributed by atoms with Gasteiger partial charge in [-0.2, -0.15) is 0 Å². The Bertz CT molecular complexity index is 460. The number of hydrogen-bond acceptors (Lipinski definition) is 2. The minimum atomic E-state index is 0. The summed E-state index contributed by atoms with van der Waals surface area (Å²) < 4.78 is 0. The molecule has 3 rings (SSSR count). The van der Waals surface area contributed by atoms with E-state index in [9.17, 15) is 4.79 Å². The molecule has 1 N–H and O–H groups in total. The zero-order valence-corrected chi connectivity index (χ0v) is 11.6. The van der Waals surface area contributed by atoms with Crippen molar-refractivity contribution in [3.8, 4) is 0 Å². The van der Waals surface area contributed by atoms with Crippen molar-refractivity contribution < 1.29 is 4.79 Å². The fraction of sp³-hybridized carbons (Fsp3) is 0.462. The number of benzene rings is 1. The molecular weight excluding hydrogens is 271 g/mol. The van der Waals surface area contributed by atoms with E-state index in [1.165, 1.54) is 0 Å². The zero-order chi connectivity index (χ0) is 11.9. The van der Waals surface area contributed by atoms with Crippen LogP contribution in [0.4, 0.5) is 0 Å². The highest BCUT2D eigenvalue weighted by Gasteiger charge is 2.51. The minimum absolute atomic E-state index is 0. The average molecular weight is 287 g/mol. The zero-order valence-electron chi connectivity index (χ0n) is 9.99. The highest BCUT2D eigenvalue weighted by atomic mass is 35.5. The predicted octanol–water partition coefficient (Wildman–Crippen LogP) is 2.34. The normalized spacial score (nSPS) is 20.4. The molecule has 1 amide bonds. The van der Waals surface area contributed by atoms with Gasteiger partial charge in [0, 0.05) is 19.6 Å². The molecule has 2 aliphatic rings. The van der Waals surface area contributed by atoms with Gasteiger partial charge in [0.05, 0.1) is 16.1 Å². The maximum absolute atomic E-state index is 12.5. The Hall–Kier alpha value is -0.770. The maximum atomic E-state index is 12.5. The summed E-state index contributed by atoms with van der Waals surface area (Å²) in [6.45, 7) is 2.57. The standard InChI is InChI=1S/C13H15ClN2O.ClH/c14-11-4-2-1-3-10(11)12(17)16-8-7-15-9-13(16)5-6-13;/h1-4,15H,5-9H2;1H. The lowest BCUT2D eigenvalue weighted by molar-refractivity contribution is 0.0601. The van der Waals surface area contributed by atoms with E-state index in [1.54, 1.807) is 6.07 Å². The fourth-order valence-electron chi connectivity index (χ4n) is 2.53. The van der Waals surface area contributed by atoms with E-state index in [2.05, 4.69) is 5.32 Å². The van der Waals surface area contributed by atoms with Crippen LogP contribution in [-0.2, 0) is 0 Å². The molecule has 18 heavy (non-hydrogen) atoms. The third-order valence-corrected chi connectivity index (χ3v) is 4.04. The average Bonchev–Trinajstić information content (AvgIpc) is 3.10. The largest absolute Gasteiger partial charge is 0.330 e. The molecule has 0 radical (unpaired) electrons. The topological polar surface area (TPSA) is 32.3 Å². The summed E-state index contributed by atoms with van der Waals surface area (Å²) in [5, 5.41) is 3.91. The van der Waals surface area contributed by atoms with Gasteiger partial charge in [-0.05, 0) is 25.0 Å². The van der Waals surface area contributed by atoms with Crippen LogP contribution < -0.4 is 5.32 Å². The van der Waals surface area contributed by atoms with Crippen molar-refractivity contribution in [3.05, 3.63) is 34.9 Å². The number of carbonyl (C=O) groups is 1. The molecule has 1 saturated heterocycles. The van der Waals surface area contributed by atoms with E-state index in [0.29, 0.717) is 10.6 Å². The van der Waals surface area contributed by atoms with Crippen LogP contribution in [-0.4, -0.2) is 36.0 Å². The molecule has 0 bridgehead atoms. The minimum Gasteiger partial charge on any atom is -0.330 e. The van der Waals surface area contributed by atoms with Crippen LogP contribution in [0.5, 0.6) is 0 Å². The van der Waals surface area contributed by atoms with E-state index in [-0.39, 0.29) is 23.9 Å². The van der Waals surface area contributed by atoms with Crippen LogP contribution in [0, 0.1) is 0 Å². The van der Waals surface area contributed by atoms with Gasteiger partial charge in [0.1, 0.15) is 0 Å². The molecule has 1 aliphatic heterocycles. The molecule has 1 heterocycles. The smallest absolute Gasteiger partial charge is 0.255 e. The predicted molar refractivity (Wildman–Crippen MR) is 74.6 cm³/mol. The summed E-state index contributed by atoms with van der Waals surface area (Å²) in [4.78, 5) is 14.5. The van der Waals surface area contributed by atoms with Crippen molar-refractivity contribution in [2.45, 2.75) is 18.4 Å². The first-order chi connectivity index (χ1) is 8.23. The molecule has 5 heteroatoms. The fourth-order valence-corrected chi connectivity index (χ4v) is 2.75. The van der Waals surface area contributed by atoms with Gasteiger partial charge in [-0.3, -0.25) is 4.79 Å². The Kier molecular flexibility index (Phi) is 3.85. The Labute approximate surface area is 118 Å². The van der Waals surface area contributed by atoms with Gasteiger partial charge in [-0.15, -0.1) is 12.4 Å². The summed E-state index contributed by atoms with van der Waals surface area (Å²) in [6, 6.07) is 7.30. The van der Waals surface area contributed by atoms with Crippen LogP contribution >= 0.6 is 24.0 Å². The van der Waals surface area contributed by atoms with Crippen LogP contribution in [0.2, 0.25) is 5.02 Å². The first kappa shape index (κ1) is 13.7. The maximum Gasteiger partial charge on any atom is 0.255 e. The van der Waals surface area contributed by atoms with Crippen LogP contribution in [0.25, 0.3) is 0 Å². The van der Waals surface area contributed by atoms with Gasteiger partial charge in [0.15, 0.2) is 0 Å². The second-order valence-electron chi connectivity index (χ2n) is 4.84. The molecule has 3 nitrogen and oxygen atoms in total. The number of halogens is 2. The third kappa shape index (κ3) is 2.22. The Morgan fingerprint density at radius 2 is 2.06 bits per heavy atom. The third-order valence-electron chi connectivity index (χ3n) is 3.72. The summed E-state index contributed by atoms with van der Waals surface area (Å²) in [5.41, 5.74) is 0.705. The Morgan fingerprint density at radius 1 is 1.33 bits per heavy atom. The van der Waals surface area contributed by atoms with Gasteiger partial charge in [-0.1, -0.05) is 23.7 Å². The van der Waals surface area contributed by atoms with Crippen LogP contribution in [0.15, 0.2) is 24.3 Å². The van der Waals surface area contributed by atoms with Crippen LogP contribution in [0.3, 0.4) is 0 Å². The second-order valence-corrected chi connectivity index (χ2v) is 5.24. The molecule has 98 valence electrons. The van der Waals surface area contributed by atoms with E-state index < -0.39 is 0 Å². The number of amides is 1.